The number of hydrogen-bond donors (Lipinski definition) is 2. The average Bonchev–Trinajstić information content (AvgIpc) is 3.05. The van der Waals surface area contributed by atoms with Crippen molar-refractivity contribution in [3.05, 3.63) is 36.8 Å². The Hall–Kier alpha value is -1.91. The Morgan fingerprint density at radius 1 is 1.58 bits per heavy atom. The summed E-state index contributed by atoms with van der Waals surface area (Å²) in [5.41, 5.74) is 0. The molecule has 0 bridgehead atoms. The number of aliphatic imine (C=N–C) groups is 1. The average molecular weight is 476 g/mol. The van der Waals surface area contributed by atoms with Crippen molar-refractivity contribution >= 4 is 41.7 Å². The first-order valence-corrected chi connectivity index (χ1v) is 8.22. The molecule has 1 aromatic heterocycles. The van der Waals surface area contributed by atoms with Crippen molar-refractivity contribution in [3.63, 3.8) is 0 Å². The normalized spacial score (nSPS) is 16.7. The lowest BCUT2D eigenvalue weighted by Gasteiger charge is -2.20. The number of anilines is 1. The molecule has 1 amide bonds. The van der Waals surface area contributed by atoms with Crippen molar-refractivity contribution in [1.29, 1.82) is 0 Å². The Bertz CT molecular complexity index is 639. The fourth-order valence-electron chi connectivity index (χ4n) is 2.48. The summed E-state index contributed by atoms with van der Waals surface area (Å²) in [5, 5.41) is 6.39. The van der Waals surface area contributed by atoms with Crippen molar-refractivity contribution in [1.82, 2.24) is 20.5 Å². The second-order valence-corrected chi connectivity index (χ2v) is 6.01. The molecule has 1 unspecified atom stereocenters. The molecule has 1 aliphatic rings. The Labute approximate surface area is 170 Å². The van der Waals surface area contributed by atoms with Gasteiger partial charge in [0.05, 0.1) is 0 Å². The molecule has 144 valence electrons. The Kier molecular flexibility index (Phi) is 9.31. The minimum atomic E-state index is -0.321. The maximum absolute atomic E-state index is 13.9. The zero-order valence-corrected chi connectivity index (χ0v) is 17.4. The molecular weight excluding hydrogens is 450 g/mol. The van der Waals surface area contributed by atoms with Crippen LogP contribution in [0.25, 0.3) is 0 Å². The molecule has 1 fully saturated rings. The quantitative estimate of drug-likeness (QED) is 0.280. The highest BCUT2D eigenvalue weighted by molar-refractivity contribution is 14.0. The number of nitrogens with zero attached hydrogens (tertiary/aromatic N) is 4. The number of carbonyl (C=O) groups is 1. The number of nitrogens with one attached hydrogen (secondary N) is 2. The van der Waals surface area contributed by atoms with Gasteiger partial charge < -0.3 is 20.4 Å². The lowest BCUT2D eigenvalue weighted by atomic mass is 10.3. The first-order valence-electron chi connectivity index (χ1n) is 8.22. The number of likely N-dealkylation sites (N-methyl/N-ethyl adjacent to an activating group) is 1. The van der Waals surface area contributed by atoms with Crippen LogP contribution in [-0.4, -0.2) is 68.1 Å². The predicted octanol–water partition coefficient (Wildman–Crippen LogP) is 1.23. The standard InChI is InChI=1S/C17H25FN6O.HI/c1-4-8-20-17(21-11-15(25)23(2)3)22-13-7-10-24(12-13)16-14(18)6-5-9-19-16;/h4-6,9,13H,1,7-8,10-12H2,2-3H3,(H2,20,21,22);1H. The van der Waals surface area contributed by atoms with Crippen LogP contribution in [0.5, 0.6) is 0 Å². The van der Waals surface area contributed by atoms with Gasteiger partial charge in [-0.15, -0.1) is 30.6 Å². The smallest absolute Gasteiger partial charge is 0.243 e. The van der Waals surface area contributed by atoms with Crippen LogP contribution < -0.4 is 15.5 Å². The first kappa shape index (κ1) is 22.1. The molecule has 1 aliphatic heterocycles. The maximum atomic E-state index is 13.9. The molecule has 0 aromatic carbocycles. The van der Waals surface area contributed by atoms with E-state index in [1.807, 2.05) is 4.90 Å². The first-order chi connectivity index (χ1) is 12.0. The van der Waals surface area contributed by atoms with Crippen LogP contribution in [-0.2, 0) is 4.79 Å². The molecule has 26 heavy (non-hydrogen) atoms. The highest BCUT2D eigenvalue weighted by Gasteiger charge is 2.26. The molecule has 0 saturated carbocycles. The van der Waals surface area contributed by atoms with Gasteiger partial charge in [-0.3, -0.25) is 4.79 Å². The fourth-order valence-corrected chi connectivity index (χ4v) is 2.48. The van der Waals surface area contributed by atoms with E-state index in [-0.39, 0.29) is 48.3 Å². The monoisotopic (exact) mass is 476 g/mol. The van der Waals surface area contributed by atoms with Gasteiger partial charge in [0.1, 0.15) is 6.54 Å². The molecule has 2 rings (SSSR count). The van der Waals surface area contributed by atoms with E-state index in [1.165, 1.54) is 11.0 Å². The summed E-state index contributed by atoms with van der Waals surface area (Å²) < 4.78 is 13.9. The molecule has 2 N–H and O–H groups in total. The SMILES string of the molecule is C=CCNC(=NCC(=O)N(C)C)NC1CCN(c2ncccc2F)C1.I. The van der Waals surface area contributed by atoms with Gasteiger partial charge in [0.25, 0.3) is 0 Å². The van der Waals surface area contributed by atoms with Gasteiger partial charge in [0.15, 0.2) is 17.6 Å². The summed E-state index contributed by atoms with van der Waals surface area (Å²) in [6.45, 7) is 5.59. The van der Waals surface area contributed by atoms with Gasteiger partial charge >= 0.3 is 0 Å². The van der Waals surface area contributed by atoms with E-state index >= 15 is 0 Å². The van der Waals surface area contributed by atoms with Gasteiger partial charge in [0, 0.05) is 46.0 Å². The summed E-state index contributed by atoms with van der Waals surface area (Å²) in [6, 6.07) is 3.08. The molecule has 1 saturated heterocycles. The van der Waals surface area contributed by atoms with Crippen LogP contribution >= 0.6 is 24.0 Å². The van der Waals surface area contributed by atoms with Crippen molar-refractivity contribution in [2.75, 3.05) is 45.2 Å². The summed E-state index contributed by atoms with van der Waals surface area (Å²) in [5.74, 6) is 0.511. The van der Waals surface area contributed by atoms with Gasteiger partial charge in [-0.2, -0.15) is 0 Å². The number of guanidine groups is 1. The van der Waals surface area contributed by atoms with Crippen LogP contribution in [0.15, 0.2) is 36.0 Å². The predicted molar refractivity (Wildman–Crippen MR) is 113 cm³/mol. The van der Waals surface area contributed by atoms with Gasteiger partial charge in [-0.1, -0.05) is 6.08 Å². The molecule has 1 aromatic rings. The number of halogens is 2. The molecule has 0 radical (unpaired) electrons. The van der Waals surface area contributed by atoms with E-state index in [4.69, 9.17) is 0 Å². The van der Waals surface area contributed by atoms with Crippen molar-refractivity contribution < 1.29 is 9.18 Å². The molecule has 0 aliphatic carbocycles. The van der Waals surface area contributed by atoms with E-state index in [0.29, 0.717) is 31.4 Å². The zero-order chi connectivity index (χ0) is 18.2. The van der Waals surface area contributed by atoms with E-state index in [0.717, 1.165) is 6.42 Å². The van der Waals surface area contributed by atoms with Gasteiger partial charge in [-0.05, 0) is 18.6 Å². The maximum Gasteiger partial charge on any atom is 0.243 e. The van der Waals surface area contributed by atoms with Crippen LogP contribution in [0.3, 0.4) is 0 Å². The van der Waals surface area contributed by atoms with Crippen molar-refractivity contribution in [2.45, 2.75) is 12.5 Å². The summed E-state index contributed by atoms with van der Waals surface area (Å²) in [6.07, 6.45) is 4.13. The molecular formula is C17H26FIN6O. The number of pyridine rings is 1. The topological polar surface area (TPSA) is 72.9 Å². The molecule has 9 heteroatoms. The number of carbonyl (C=O) groups excluding carboxylic acids is 1. The molecule has 0 spiro atoms. The summed E-state index contributed by atoms with van der Waals surface area (Å²) in [7, 11) is 3.39. The third-order valence-electron chi connectivity index (χ3n) is 3.85. The van der Waals surface area contributed by atoms with E-state index in [2.05, 4.69) is 27.2 Å². The largest absolute Gasteiger partial charge is 0.353 e. The van der Waals surface area contributed by atoms with Crippen molar-refractivity contribution in [2.24, 2.45) is 4.99 Å². The minimum absolute atomic E-state index is 0. The van der Waals surface area contributed by atoms with E-state index in [9.17, 15) is 9.18 Å². The van der Waals surface area contributed by atoms with Gasteiger partial charge in [0.2, 0.25) is 5.91 Å². The lowest BCUT2D eigenvalue weighted by molar-refractivity contribution is -0.127. The minimum Gasteiger partial charge on any atom is -0.353 e. The Morgan fingerprint density at radius 2 is 2.35 bits per heavy atom. The lowest BCUT2D eigenvalue weighted by Crippen LogP contribution is -2.45. The van der Waals surface area contributed by atoms with Crippen molar-refractivity contribution in [3.8, 4) is 0 Å². The highest BCUT2D eigenvalue weighted by Crippen LogP contribution is 2.20. The zero-order valence-electron chi connectivity index (χ0n) is 15.1. The van der Waals surface area contributed by atoms with Crippen LogP contribution in [0.1, 0.15) is 6.42 Å². The van der Waals surface area contributed by atoms with Crippen LogP contribution in [0, 0.1) is 5.82 Å². The second kappa shape index (κ2) is 10.9. The fraction of sp³-hybridized carbons (Fsp3) is 0.471. The Morgan fingerprint density at radius 3 is 3.00 bits per heavy atom. The number of rotatable bonds is 6. The van der Waals surface area contributed by atoms with Gasteiger partial charge in [-0.25, -0.2) is 14.4 Å². The van der Waals surface area contributed by atoms with Crippen LogP contribution in [0.4, 0.5) is 10.2 Å². The third kappa shape index (κ3) is 6.43. The summed E-state index contributed by atoms with van der Waals surface area (Å²) >= 11 is 0. The molecule has 1 atom stereocenters. The highest BCUT2D eigenvalue weighted by atomic mass is 127. The summed E-state index contributed by atoms with van der Waals surface area (Å²) in [4.78, 5) is 23.5. The third-order valence-corrected chi connectivity index (χ3v) is 3.85. The van der Waals surface area contributed by atoms with Crippen LogP contribution in [0.2, 0.25) is 0 Å². The number of amides is 1. The molecule has 7 nitrogen and oxygen atoms in total. The Balaban J connectivity index is 0.00000338. The number of aromatic nitrogens is 1. The number of hydrogen-bond acceptors (Lipinski definition) is 4. The second-order valence-electron chi connectivity index (χ2n) is 6.01. The van der Waals surface area contributed by atoms with E-state index < -0.39 is 0 Å². The van der Waals surface area contributed by atoms with E-state index in [1.54, 1.807) is 32.4 Å². The molecule has 2 heterocycles.